The van der Waals surface area contributed by atoms with E-state index in [1.165, 1.54) is 0 Å². The largest absolute Gasteiger partial charge is 0.399 e. The highest BCUT2D eigenvalue weighted by atomic mass is 16.3. The van der Waals surface area contributed by atoms with E-state index in [0.29, 0.717) is 18.5 Å². The lowest BCUT2D eigenvalue weighted by Gasteiger charge is -2.18. The molecular weight excluding hydrogens is 192 g/mol. The summed E-state index contributed by atoms with van der Waals surface area (Å²) in [5, 5.41) is 12.7. The normalized spacial score (nSPS) is 22.5. The van der Waals surface area contributed by atoms with Crippen molar-refractivity contribution in [2.45, 2.75) is 25.0 Å². The van der Waals surface area contributed by atoms with E-state index >= 15 is 0 Å². The number of anilines is 1. The fraction of sp³-hybridized carbons (Fsp3) is 0.364. The molecule has 0 aliphatic carbocycles. The van der Waals surface area contributed by atoms with Crippen LogP contribution in [0.3, 0.4) is 0 Å². The molecule has 1 saturated heterocycles. The van der Waals surface area contributed by atoms with Gasteiger partial charge in [-0.15, -0.1) is 0 Å². The van der Waals surface area contributed by atoms with Gasteiger partial charge >= 0.3 is 0 Å². The van der Waals surface area contributed by atoms with E-state index in [0.717, 1.165) is 5.56 Å². The third-order valence-electron chi connectivity index (χ3n) is 2.69. The fourth-order valence-corrected chi connectivity index (χ4v) is 1.80. The summed E-state index contributed by atoms with van der Waals surface area (Å²) in [6, 6.07) is 6.89. The zero-order valence-electron chi connectivity index (χ0n) is 8.31. The van der Waals surface area contributed by atoms with Crippen molar-refractivity contribution in [1.82, 2.24) is 5.32 Å². The summed E-state index contributed by atoms with van der Waals surface area (Å²) in [5.74, 6) is 0.00879. The van der Waals surface area contributed by atoms with Crippen LogP contribution in [0.15, 0.2) is 24.3 Å². The molecule has 1 fully saturated rings. The van der Waals surface area contributed by atoms with Gasteiger partial charge in [-0.2, -0.15) is 0 Å². The number of carbonyl (C=O) groups is 1. The molecule has 1 aliphatic rings. The third-order valence-corrected chi connectivity index (χ3v) is 2.69. The first kappa shape index (κ1) is 9.98. The molecule has 1 aliphatic heterocycles. The van der Waals surface area contributed by atoms with Gasteiger partial charge in [0.25, 0.3) is 0 Å². The molecule has 1 aromatic rings. The number of nitrogens with one attached hydrogen (secondary N) is 1. The molecule has 2 rings (SSSR count). The smallest absolute Gasteiger partial charge is 0.220 e. The van der Waals surface area contributed by atoms with E-state index in [1.807, 2.05) is 0 Å². The Balaban J connectivity index is 2.10. The Bertz CT molecular complexity index is 361. The molecule has 80 valence electrons. The number of hydrogen-bond acceptors (Lipinski definition) is 3. The summed E-state index contributed by atoms with van der Waals surface area (Å²) in [6.45, 7) is 0. The molecule has 0 aromatic heterocycles. The molecule has 2 atom stereocenters. The predicted octanol–water partition coefficient (Wildman–Crippen LogP) is 0.581. The Hall–Kier alpha value is -1.55. The van der Waals surface area contributed by atoms with Crippen LogP contribution >= 0.6 is 0 Å². The van der Waals surface area contributed by atoms with Crippen LogP contribution in [0.5, 0.6) is 0 Å². The van der Waals surface area contributed by atoms with Crippen molar-refractivity contribution in [1.29, 1.82) is 0 Å². The van der Waals surface area contributed by atoms with E-state index in [2.05, 4.69) is 5.32 Å². The monoisotopic (exact) mass is 206 g/mol. The van der Waals surface area contributed by atoms with Crippen LogP contribution in [-0.2, 0) is 4.79 Å². The van der Waals surface area contributed by atoms with Crippen LogP contribution in [0.2, 0.25) is 0 Å². The molecular formula is C11H14N2O2. The maximum Gasteiger partial charge on any atom is 0.220 e. The first-order valence-electron chi connectivity index (χ1n) is 4.99. The lowest BCUT2D eigenvalue weighted by Crippen LogP contribution is -2.31. The average Bonchev–Trinajstić information content (AvgIpc) is 2.65. The average molecular weight is 206 g/mol. The minimum Gasteiger partial charge on any atom is -0.399 e. The van der Waals surface area contributed by atoms with Gasteiger partial charge in [0.2, 0.25) is 5.91 Å². The third kappa shape index (κ3) is 2.10. The van der Waals surface area contributed by atoms with Crippen molar-refractivity contribution in [3.8, 4) is 0 Å². The Kier molecular flexibility index (Phi) is 2.60. The number of nitrogen functional groups attached to an aromatic ring is 1. The molecule has 0 bridgehead atoms. The van der Waals surface area contributed by atoms with Crippen molar-refractivity contribution in [2.24, 2.45) is 0 Å². The molecule has 0 radical (unpaired) electrons. The highest BCUT2D eigenvalue weighted by Gasteiger charge is 2.28. The van der Waals surface area contributed by atoms with Gasteiger partial charge in [0.15, 0.2) is 0 Å². The van der Waals surface area contributed by atoms with Crippen LogP contribution in [0, 0.1) is 0 Å². The second-order valence-corrected chi connectivity index (χ2v) is 3.82. The summed E-state index contributed by atoms with van der Waals surface area (Å²) in [4.78, 5) is 11.0. The number of amides is 1. The molecule has 1 heterocycles. The van der Waals surface area contributed by atoms with Crippen LogP contribution < -0.4 is 11.1 Å². The standard InChI is InChI=1S/C11H14N2O2/c12-8-3-1-7(2-4-8)11(15)9-5-6-10(14)13-9/h1-4,9,11,15H,5-6,12H2,(H,13,14)/t9-,11+/m1/s1. The molecule has 1 amide bonds. The molecule has 0 unspecified atom stereocenters. The Morgan fingerprint density at radius 3 is 2.60 bits per heavy atom. The van der Waals surface area contributed by atoms with Crippen molar-refractivity contribution in [2.75, 3.05) is 5.73 Å². The van der Waals surface area contributed by atoms with Gasteiger partial charge < -0.3 is 16.2 Å². The first-order valence-corrected chi connectivity index (χ1v) is 4.99. The number of carbonyl (C=O) groups excluding carboxylic acids is 1. The van der Waals surface area contributed by atoms with Gasteiger partial charge in [0, 0.05) is 12.1 Å². The zero-order valence-corrected chi connectivity index (χ0v) is 8.31. The number of aliphatic hydroxyl groups excluding tert-OH is 1. The number of benzene rings is 1. The van der Waals surface area contributed by atoms with E-state index in [9.17, 15) is 9.90 Å². The van der Waals surface area contributed by atoms with Gasteiger partial charge in [-0.3, -0.25) is 4.79 Å². The van der Waals surface area contributed by atoms with Gasteiger partial charge in [-0.25, -0.2) is 0 Å². The SMILES string of the molecule is Nc1ccc([C@H](O)[C@H]2CCC(=O)N2)cc1. The Morgan fingerprint density at radius 2 is 2.07 bits per heavy atom. The highest BCUT2D eigenvalue weighted by Crippen LogP contribution is 2.23. The molecule has 1 aromatic carbocycles. The number of nitrogens with two attached hydrogens (primary N) is 1. The van der Waals surface area contributed by atoms with Crippen molar-refractivity contribution in [3.05, 3.63) is 29.8 Å². The van der Waals surface area contributed by atoms with Crippen molar-refractivity contribution in [3.63, 3.8) is 0 Å². The van der Waals surface area contributed by atoms with Gasteiger partial charge in [0.1, 0.15) is 0 Å². The second-order valence-electron chi connectivity index (χ2n) is 3.82. The molecule has 4 N–H and O–H groups in total. The topological polar surface area (TPSA) is 75.3 Å². The number of hydrogen-bond donors (Lipinski definition) is 3. The highest BCUT2D eigenvalue weighted by molar-refractivity contribution is 5.78. The summed E-state index contributed by atoms with van der Waals surface area (Å²) < 4.78 is 0. The van der Waals surface area contributed by atoms with Gasteiger partial charge in [-0.05, 0) is 24.1 Å². The van der Waals surface area contributed by atoms with Gasteiger partial charge in [-0.1, -0.05) is 12.1 Å². The quantitative estimate of drug-likeness (QED) is 0.619. The zero-order chi connectivity index (χ0) is 10.8. The number of aliphatic hydroxyl groups is 1. The van der Waals surface area contributed by atoms with Crippen LogP contribution in [0.1, 0.15) is 24.5 Å². The predicted molar refractivity (Wildman–Crippen MR) is 57.0 cm³/mol. The molecule has 0 saturated carbocycles. The molecule has 0 spiro atoms. The lowest BCUT2D eigenvalue weighted by atomic mass is 10.0. The molecule has 15 heavy (non-hydrogen) atoms. The summed E-state index contributed by atoms with van der Waals surface area (Å²) in [5.41, 5.74) is 7.01. The Labute approximate surface area is 88.1 Å². The maximum atomic E-state index is 11.0. The molecule has 4 nitrogen and oxygen atoms in total. The lowest BCUT2D eigenvalue weighted by molar-refractivity contribution is -0.119. The Morgan fingerprint density at radius 1 is 1.40 bits per heavy atom. The van der Waals surface area contributed by atoms with E-state index in [-0.39, 0.29) is 11.9 Å². The van der Waals surface area contributed by atoms with Crippen LogP contribution in [-0.4, -0.2) is 17.1 Å². The van der Waals surface area contributed by atoms with Crippen LogP contribution in [0.25, 0.3) is 0 Å². The van der Waals surface area contributed by atoms with E-state index in [4.69, 9.17) is 5.73 Å². The summed E-state index contributed by atoms with van der Waals surface area (Å²) in [6.07, 6.45) is 0.540. The van der Waals surface area contributed by atoms with Crippen LogP contribution in [0.4, 0.5) is 5.69 Å². The molecule has 4 heteroatoms. The summed E-state index contributed by atoms with van der Waals surface area (Å²) in [7, 11) is 0. The fourth-order valence-electron chi connectivity index (χ4n) is 1.80. The first-order chi connectivity index (χ1) is 7.16. The van der Waals surface area contributed by atoms with E-state index in [1.54, 1.807) is 24.3 Å². The minimum atomic E-state index is -0.642. The maximum absolute atomic E-state index is 11.0. The van der Waals surface area contributed by atoms with Gasteiger partial charge in [0.05, 0.1) is 12.1 Å². The second kappa shape index (κ2) is 3.90. The summed E-state index contributed by atoms with van der Waals surface area (Å²) >= 11 is 0. The minimum absolute atomic E-state index is 0.00879. The van der Waals surface area contributed by atoms with Crippen molar-refractivity contribution < 1.29 is 9.90 Å². The van der Waals surface area contributed by atoms with Crippen molar-refractivity contribution >= 4 is 11.6 Å². The number of rotatable bonds is 2. The van der Waals surface area contributed by atoms with E-state index < -0.39 is 6.10 Å².